The highest BCUT2D eigenvalue weighted by atomic mass is 32.1. The van der Waals surface area contributed by atoms with Gasteiger partial charge in [0.05, 0.1) is 15.6 Å². The predicted molar refractivity (Wildman–Crippen MR) is 94.2 cm³/mol. The summed E-state index contributed by atoms with van der Waals surface area (Å²) in [5.74, 6) is 0. The Hall–Kier alpha value is -1.98. The third-order valence-electron chi connectivity index (χ3n) is 4.02. The molecule has 0 aliphatic carbocycles. The Balaban J connectivity index is 2.07. The molecular formula is C17H14N2OS2. The van der Waals surface area contributed by atoms with E-state index < -0.39 is 0 Å². The van der Waals surface area contributed by atoms with Crippen molar-refractivity contribution in [3.05, 3.63) is 60.0 Å². The zero-order chi connectivity index (χ0) is 15.4. The van der Waals surface area contributed by atoms with Gasteiger partial charge in [-0.25, -0.2) is 9.38 Å². The zero-order valence-electron chi connectivity index (χ0n) is 12.5. The van der Waals surface area contributed by atoms with Crippen molar-refractivity contribution < 1.29 is 0 Å². The topological polar surface area (TPSA) is 34.4 Å². The Morgan fingerprint density at radius 2 is 1.91 bits per heavy atom. The summed E-state index contributed by atoms with van der Waals surface area (Å²) < 4.78 is 2.48. The second-order valence-electron chi connectivity index (χ2n) is 5.54. The highest BCUT2D eigenvalue weighted by molar-refractivity contribution is 7.15. The highest BCUT2D eigenvalue weighted by Gasteiger charge is 2.12. The molecule has 0 bridgehead atoms. The van der Waals surface area contributed by atoms with Crippen molar-refractivity contribution in [2.45, 2.75) is 20.8 Å². The van der Waals surface area contributed by atoms with E-state index in [4.69, 9.17) is 0 Å². The molecule has 3 heterocycles. The molecule has 4 aromatic rings. The molecule has 0 spiro atoms. The van der Waals surface area contributed by atoms with Crippen LogP contribution in [0.1, 0.15) is 21.6 Å². The summed E-state index contributed by atoms with van der Waals surface area (Å²) in [6.07, 6.45) is 1.98. The molecular weight excluding hydrogens is 312 g/mol. The number of rotatable bonds is 1. The minimum absolute atomic E-state index is 0.0264. The molecule has 3 aromatic heterocycles. The SMILES string of the molecule is Cc1cc2nc3s/c(=C/c4sccc4C)c(=O)n3c2cc1C. The van der Waals surface area contributed by atoms with Crippen LogP contribution in [0.3, 0.4) is 0 Å². The van der Waals surface area contributed by atoms with Gasteiger partial charge in [0, 0.05) is 4.88 Å². The van der Waals surface area contributed by atoms with Gasteiger partial charge < -0.3 is 0 Å². The number of aromatic nitrogens is 2. The lowest BCUT2D eigenvalue weighted by atomic mass is 10.1. The van der Waals surface area contributed by atoms with Gasteiger partial charge in [-0.15, -0.1) is 11.3 Å². The minimum Gasteiger partial charge on any atom is -0.267 e. The van der Waals surface area contributed by atoms with E-state index in [-0.39, 0.29) is 5.56 Å². The Bertz CT molecular complexity index is 1130. The lowest BCUT2D eigenvalue weighted by Crippen LogP contribution is -2.22. The summed E-state index contributed by atoms with van der Waals surface area (Å²) in [4.78, 5) is 19.3. The molecule has 0 N–H and O–H groups in total. The van der Waals surface area contributed by atoms with E-state index in [0.717, 1.165) is 25.4 Å². The van der Waals surface area contributed by atoms with Crippen LogP contribution in [-0.4, -0.2) is 9.38 Å². The van der Waals surface area contributed by atoms with E-state index in [1.165, 1.54) is 28.0 Å². The molecule has 110 valence electrons. The number of hydrogen-bond donors (Lipinski definition) is 0. The second-order valence-corrected chi connectivity index (χ2v) is 7.50. The number of fused-ring (bicyclic) bond motifs is 3. The molecule has 0 atom stereocenters. The molecule has 0 saturated heterocycles. The van der Waals surface area contributed by atoms with Crippen molar-refractivity contribution in [3.63, 3.8) is 0 Å². The molecule has 5 heteroatoms. The highest BCUT2D eigenvalue weighted by Crippen LogP contribution is 2.21. The van der Waals surface area contributed by atoms with Crippen molar-refractivity contribution in [2.24, 2.45) is 0 Å². The first-order valence-corrected chi connectivity index (χ1v) is 8.72. The third kappa shape index (κ3) is 1.93. The van der Waals surface area contributed by atoms with Gasteiger partial charge in [-0.1, -0.05) is 11.3 Å². The van der Waals surface area contributed by atoms with Crippen molar-refractivity contribution in [1.82, 2.24) is 9.38 Å². The van der Waals surface area contributed by atoms with Crippen LogP contribution in [0, 0.1) is 20.8 Å². The van der Waals surface area contributed by atoms with Crippen LogP contribution in [0.25, 0.3) is 22.1 Å². The first-order valence-electron chi connectivity index (χ1n) is 7.02. The van der Waals surface area contributed by atoms with Gasteiger partial charge in [0.25, 0.3) is 5.56 Å². The molecule has 4 rings (SSSR count). The standard InChI is InChI=1S/C17H14N2OS2/c1-9-4-5-21-14(9)8-15-16(20)19-13-7-11(3)10(2)6-12(13)18-17(19)22-15/h4-8H,1-3H3/b15-8+. The summed E-state index contributed by atoms with van der Waals surface area (Å²) >= 11 is 3.11. The van der Waals surface area contributed by atoms with Crippen LogP contribution in [0.5, 0.6) is 0 Å². The van der Waals surface area contributed by atoms with E-state index in [1.54, 1.807) is 15.7 Å². The number of thiazole rings is 1. The maximum absolute atomic E-state index is 12.7. The fraction of sp³-hybridized carbons (Fsp3) is 0.176. The number of nitrogens with zero attached hydrogens (tertiary/aromatic N) is 2. The van der Waals surface area contributed by atoms with Crippen LogP contribution >= 0.6 is 22.7 Å². The average molecular weight is 326 g/mol. The van der Waals surface area contributed by atoms with E-state index >= 15 is 0 Å². The third-order valence-corrected chi connectivity index (χ3v) is 5.95. The molecule has 0 radical (unpaired) electrons. The lowest BCUT2D eigenvalue weighted by Gasteiger charge is -1.98. The fourth-order valence-electron chi connectivity index (χ4n) is 2.57. The van der Waals surface area contributed by atoms with E-state index in [2.05, 4.69) is 44.0 Å². The molecule has 1 aromatic carbocycles. The van der Waals surface area contributed by atoms with Crippen LogP contribution in [0.4, 0.5) is 0 Å². The molecule has 0 aliphatic rings. The first-order chi connectivity index (χ1) is 10.5. The summed E-state index contributed by atoms with van der Waals surface area (Å²) in [7, 11) is 0. The quantitative estimate of drug-likeness (QED) is 0.537. The summed E-state index contributed by atoms with van der Waals surface area (Å²) in [5.41, 5.74) is 5.41. The van der Waals surface area contributed by atoms with Gasteiger partial charge in [-0.05, 0) is 67.1 Å². The maximum atomic E-state index is 12.7. The Labute approximate surface area is 135 Å². The van der Waals surface area contributed by atoms with Crippen LogP contribution < -0.4 is 10.1 Å². The summed E-state index contributed by atoms with van der Waals surface area (Å²) in [5, 5.41) is 2.05. The van der Waals surface area contributed by atoms with Crippen LogP contribution in [-0.2, 0) is 0 Å². The van der Waals surface area contributed by atoms with Crippen molar-refractivity contribution >= 4 is 44.7 Å². The van der Waals surface area contributed by atoms with Crippen molar-refractivity contribution in [3.8, 4) is 0 Å². The monoisotopic (exact) mass is 326 g/mol. The van der Waals surface area contributed by atoms with Gasteiger partial charge in [0.1, 0.15) is 0 Å². The van der Waals surface area contributed by atoms with Gasteiger partial charge in [0.2, 0.25) is 0 Å². The number of thiophene rings is 1. The Kier molecular flexibility index (Phi) is 2.96. The normalized spacial score (nSPS) is 12.8. The zero-order valence-corrected chi connectivity index (χ0v) is 14.1. The van der Waals surface area contributed by atoms with E-state index in [0.29, 0.717) is 0 Å². The fourth-order valence-corrected chi connectivity index (χ4v) is 4.47. The van der Waals surface area contributed by atoms with Gasteiger partial charge in [0.15, 0.2) is 4.96 Å². The summed E-state index contributed by atoms with van der Waals surface area (Å²) in [6.45, 7) is 6.19. The van der Waals surface area contributed by atoms with Gasteiger partial charge >= 0.3 is 0 Å². The maximum Gasteiger partial charge on any atom is 0.274 e. The van der Waals surface area contributed by atoms with Gasteiger partial charge in [-0.3, -0.25) is 4.79 Å². The van der Waals surface area contributed by atoms with Crippen LogP contribution in [0.2, 0.25) is 0 Å². The Morgan fingerprint density at radius 3 is 2.64 bits per heavy atom. The molecule has 22 heavy (non-hydrogen) atoms. The molecule has 0 saturated carbocycles. The van der Waals surface area contributed by atoms with Gasteiger partial charge in [-0.2, -0.15) is 0 Å². The number of hydrogen-bond acceptors (Lipinski definition) is 4. The molecule has 0 unspecified atom stereocenters. The molecule has 0 fully saturated rings. The molecule has 0 amide bonds. The largest absolute Gasteiger partial charge is 0.274 e. The first kappa shape index (κ1) is 13.7. The molecule has 3 nitrogen and oxygen atoms in total. The minimum atomic E-state index is 0.0264. The number of aryl methyl sites for hydroxylation is 3. The van der Waals surface area contributed by atoms with E-state index in [1.807, 2.05) is 11.5 Å². The lowest BCUT2D eigenvalue weighted by molar-refractivity contribution is 1.18. The van der Waals surface area contributed by atoms with Crippen molar-refractivity contribution in [2.75, 3.05) is 0 Å². The molecule has 0 aliphatic heterocycles. The predicted octanol–water partition coefficient (Wildman–Crippen LogP) is 3.44. The Morgan fingerprint density at radius 1 is 1.14 bits per heavy atom. The van der Waals surface area contributed by atoms with Crippen molar-refractivity contribution in [1.29, 1.82) is 0 Å². The second kappa shape index (κ2) is 4.76. The number of imidazole rings is 1. The average Bonchev–Trinajstić information content (AvgIpc) is 3.10. The number of benzene rings is 1. The van der Waals surface area contributed by atoms with E-state index in [9.17, 15) is 4.79 Å². The van der Waals surface area contributed by atoms with Crippen LogP contribution in [0.15, 0.2) is 28.4 Å². The summed E-state index contributed by atoms with van der Waals surface area (Å²) in [6, 6.07) is 6.18. The smallest absolute Gasteiger partial charge is 0.267 e.